The maximum absolute atomic E-state index is 13.3. The Bertz CT molecular complexity index is 763. The van der Waals surface area contributed by atoms with Crippen LogP contribution in [-0.4, -0.2) is 24.9 Å². The zero-order chi connectivity index (χ0) is 19.2. The maximum Gasteiger partial charge on any atom is 0.240 e. The number of carbonyl (C=O) groups is 2. The van der Waals surface area contributed by atoms with E-state index in [-0.39, 0.29) is 24.7 Å². The number of hydrogen-bond acceptors (Lipinski definition) is 3. The molecule has 4 N–H and O–H groups in total. The number of amides is 2. The van der Waals surface area contributed by atoms with Crippen molar-refractivity contribution in [1.29, 1.82) is 0 Å². The van der Waals surface area contributed by atoms with Gasteiger partial charge in [-0.2, -0.15) is 0 Å². The van der Waals surface area contributed by atoms with Crippen molar-refractivity contribution in [3.8, 4) is 0 Å². The van der Waals surface area contributed by atoms with Gasteiger partial charge in [-0.1, -0.05) is 24.3 Å². The predicted octanol–water partition coefficient (Wildman–Crippen LogP) is 1.61. The van der Waals surface area contributed by atoms with Gasteiger partial charge in [0.1, 0.15) is 11.6 Å². The Morgan fingerprint density at radius 2 is 1.50 bits per heavy atom. The highest BCUT2D eigenvalue weighted by atomic mass is 19.1. The summed E-state index contributed by atoms with van der Waals surface area (Å²) in [5.74, 6) is -1.60. The van der Waals surface area contributed by atoms with Crippen LogP contribution in [0.1, 0.15) is 18.1 Å². The largest absolute Gasteiger partial charge is 0.346 e. The van der Waals surface area contributed by atoms with Crippen molar-refractivity contribution < 1.29 is 18.4 Å². The molecule has 0 saturated heterocycles. The van der Waals surface area contributed by atoms with E-state index in [2.05, 4.69) is 10.6 Å². The van der Waals surface area contributed by atoms with Crippen LogP contribution in [0.2, 0.25) is 0 Å². The fourth-order valence-corrected chi connectivity index (χ4v) is 2.65. The van der Waals surface area contributed by atoms with Crippen molar-refractivity contribution in [2.45, 2.75) is 18.9 Å². The van der Waals surface area contributed by atoms with Gasteiger partial charge in [0, 0.05) is 0 Å². The van der Waals surface area contributed by atoms with E-state index in [0.29, 0.717) is 12.0 Å². The molecule has 2 aromatic rings. The van der Waals surface area contributed by atoms with Gasteiger partial charge in [-0.3, -0.25) is 9.59 Å². The van der Waals surface area contributed by atoms with Crippen molar-refractivity contribution in [3.05, 3.63) is 71.3 Å². The third-order valence-electron chi connectivity index (χ3n) is 4.00. The predicted molar refractivity (Wildman–Crippen MR) is 94.1 cm³/mol. The molecule has 26 heavy (non-hydrogen) atoms. The van der Waals surface area contributed by atoms with Gasteiger partial charge in [0.05, 0.1) is 18.6 Å². The number of carbonyl (C=O) groups excluding carboxylic acids is 2. The van der Waals surface area contributed by atoms with Crippen LogP contribution < -0.4 is 16.4 Å². The summed E-state index contributed by atoms with van der Waals surface area (Å²) >= 11 is 0. The summed E-state index contributed by atoms with van der Waals surface area (Å²) in [6.45, 7) is 1.35. The second kappa shape index (κ2) is 8.53. The van der Waals surface area contributed by atoms with Gasteiger partial charge in [0.2, 0.25) is 11.8 Å². The molecule has 0 heterocycles. The highest BCUT2D eigenvalue weighted by molar-refractivity contribution is 5.85. The highest BCUT2D eigenvalue weighted by Crippen LogP contribution is 2.26. The van der Waals surface area contributed by atoms with E-state index in [0.717, 1.165) is 5.56 Å². The molecular formula is C19H21F2N3O2. The van der Waals surface area contributed by atoms with Crippen LogP contribution in [-0.2, 0) is 21.5 Å². The first-order chi connectivity index (χ1) is 12.3. The Balaban J connectivity index is 2.22. The summed E-state index contributed by atoms with van der Waals surface area (Å²) < 4.78 is 26.4. The molecule has 1 atom stereocenters. The van der Waals surface area contributed by atoms with Gasteiger partial charge >= 0.3 is 0 Å². The number of benzene rings is 2. The molecule has 0 spiro atoms. The van der Waals surface area contributed by atoms with E-state index in [4.69, 9.17) is 5.73 Å². The maximum atomic E-state index is 13.3. The summed E-state index contributed by atoms with van der Waals surface area (Å²) in [4.78, 5) is 23.5. The molecule has 2 aromatic carbocycles. The number of hydrogen-bond donors (Lipinski definition) is 3. The summed E-state index contributed by atoms with van der Waals surface area (Å²) in [7, 11) is 0. The fourth-order valence-electron chi connectivity index (χ4n) is 2.65. The van der Waals surface area contributed by atoms with Gasteiger partial charge < -0.3 is 16.4 Å². The zero-order valence-electron chi connectivity index (χ0n) is 14.4. The molecule has 0 aromatic heterocycles. The first-order valence-corrected chi connectivity index (χ1v) is 8.10. The molecule has 0 radical (unpaired) electrons. The molecule has 0 saturated carbocycles. The lowest BCUT2D eigenvalue weighted by atomic mass is 9.85. The van der Waals surface area contributed by atoms with Gasteiger partial charge in [0.15, 0.2) is 0 Å². The van der Waals surface area contributed by atoms with Crippen molar-refractivity contribution in [2.75, 3.05) is 13.1 Å². The molecular weight excluding hydrogens is 340 g/mol. The lowest BCUT2D eigenvalue weighted by molar-refractivity contribution is -0.126. The minimum Gasteiger partial charge on any atom is -0.346 e. The van der Waals surface area contributed by atoms with Gasteiger partial charge in [-0.15, -0.1) is 0 Å². The Morgan fingerprint density at radius 3 is 2.04 bits per heavy atom. The molecule has 5 nitrogen and oxygen atoms in total. The van der Waals surface area contributed by atoms with Crippen LogP contribution in [0.4, 0.5) is 8.78 Å². The molecule has 0 fully saturated rings. The smallest absolute Gasteiger partial charge is 0.240 e. The quantitative estimate of drug-likeness (QED) is 0.701. The number of nitrogens with one attached hydrogen (secondary N) is 2. The first kappa shape index (κ1) is 19.5. The van der Waals surface area contributed by atoms with Crippen molar-refractivity contribution >= 4 is 11.8 Å². The Morgan fingerprint density at radius 1 is 0.962 bits per heavy atom. The zero-order valence-corrected chi connectivity index (χ0v) is 14.4. The molecule has 1 unspecified atom stereocenters. The van der Waals surface area contributed by atoms with Crippen molar-refractivity contribution in [3.63, 3.8) is 0 Å². The number of rotatable bonds is 7. The third kappa shape index (κ3) is 5.35. The standard InChI is InChI=1S/C19H21F2N3O2/c1-19(14-4-8-16(21)9-5-14,10-13-2-6-15(20)7-3-13)24-18(26)12-23-17(25)11-22/h2-9H,10-12,22H2,1H3,(H,23,25)(H,24,26). The summed E-state index contributed by atoms with van der Waals surface area (Å²) in [5, 5.41) is 5.26. The number of nitrogens with two attached hydrogens (primary N) is 1. The summed E-state index contributed by atoms with van der Waals surface area (Å²) in [6.07, 6.45) is 0.357. The Labute approximate surface area is 150 Å². The van der Waals surface area contributed by atoms with Gasteiger partial charge in [0.25, 0.3) is 0 Å². The van der Waals surface area contributed by atoms with Crippen LogP contribution in [0.3, 0.4) is 0 Å². The lowest BCUT2D eigenvalue weighted by Crippen LogP contribution is -2.49. The van der Waals surface area contributed by atoms with E-state index in [1.165, 1.54) is 24.3 Å². The van der Waals surface area contributed by atoms with Crippen LogP contribution in [0.5, 0.6) is 0 Å². The third-order valence-corrected chi connectivity index (χ3v) is 4.00. The number of halogens is 2. The van der Waals surface area contributed by atoms with E-state index in [1.807, 2.05) is 0 Å². The molecule has 0 aliphatic carbocycles. The van der Waals surface area contributed by atoms with E-state index in [1.54, 1.807) is 31.2 Å². The summed E-state index contributed by atoms with van der Waals surface area (Å²) in [6, 6.07) is 11.7. The molecule has 138 valence electrons. The van der Waals surface area contributed by atoms with E-state index < -0.39 is 17.4 Å². The highest BCUT2D eigenvalue weighted by Gasteiger charge is 2.29. The average molecular weight is 361 g/mol. The second-order valence-electron chi connectivity index (χ2n) is 6.17. The molecule has 0 bridgehead atoms. The van der Waals surface area contributed by atoms with Crippen molar-refractivity contribution in [2.24, 2.45) is 5.73 Å². The van der Waals surface area contributed by atoms with Gasteiger partial charge in [-0.05, 0) is 48.7 Å². The van der Waals surface area contributed by atoms with Crippen molar-refractivity contribution in [1.82, 2.24) is 10.6 Å². The second-order valence-corrected chi connectivity index (χ2v) is 6.17. The lowest BCUT2D eigenvalue weighted by Gasteiger charge is -2.32. The van der Waals surface area contributed by atoms with E-state index >= 15 is 0 Å². The van der Waals surface area contributed by atoms with Crippen LogP contribution in [0.25, 0.3) is 0 Å². The molecule has 0 aliphatic rings. The Kier molecular flexibility index (Phi) is 6.41. The minimum absolute atomic E-state index is 0.210. The minimum atomic E-state index is -0.879. The normalized spacial score (nSPS) is 12.9. The first-order valence-electron chi connectivity index (χ1n) is 8.10. The summed E-state index contributed by atoms with van der Waals surface area (Å²) in [5.41, 5.74) is 5.79. The van der Waals surface area contributed by atoms with E-state index in [9.17, 15) is 18.4 Å². The van der Waals surface area contributed by atoms with Crippen LogP contribution in [0, 0.1) is 11.6 Å². The monoisotopic (exact) mass is 361 g/mol. The Hall–Kier alpha value is -2.80. The van der Waals surface area contributed by atoms with Crippen LogP contribution >= 0.6 is 0 Å². The molecule has 7 heteroatoms. The fraction of sp³-hybridized carbons (Fsp3) is 0.263. The average Bonchev–Trinajstić information content (AvgIpc) is 2.62. The molecule has 0 aliphatic heterocycles. The SMILES string of the molecule is CC(Cc1ccc(F)cc1)(NC(=O)CNC(=O)CN)c1ccc(F)cc1. The molecule has 2 rings (SSSR count). The molecule has 2 amide bonds. The topological polar surface area (TPSA) is 84.2 Å². The van der Waals surface area contributed by atoms with Crippen LogP contribution in [0.15, 0.2) is 48.5 Å². The van der Waals surface area contributed by atoms with Gasteiger partial charge in [-0.25, -0.2) is 8.78 Å².